The highest BCUT2D eigenvalue weighted by Gasteiger charge is 2.11. The lowest BCUT2D eigenvalue weighted by molar-refractivity contribution is 0.603. The lowest BCUT2D eigenvalue weighted by atomic mass is 9.99. The van der Waals surface area contributed by atoms with Crippen molar-refractivity contribution in [3.05, 3.63) is 47.3 Å². The average Bonchev–Trinajstić information content (AvgIpc) is 2.18. The molecule has 0 radical (unpaired) electrons. The minimum atomic E-state index is -0.157. The number of nitrogens with one attached hydrogen (secondary N) is 1. The van der Waals surface area contributed by atoms with Crippen molar-refractivity contribution in [3.8, 4) is 0 Å². The predicted octanol–water partition coefficient (Wildman–Crippen LogP) is 3.36. The van der Waals surface area contributed by atoms with E-state index < -0.39 is 0 Å². The van der Waals surface area contributed by atoms with E-state index in [1.54, 1.807) is 6.92 Å². The summed E-state index contributed by atoms with van der Waals surface area (Å²) < 4.78 is 13.1. The molecule has 0 saturated heterocycles. The van der Waals surface area contributed by atoms with Crippen LogP contribution in [0.4, 0.5) is 4.39 Å². The average molecular weight is 207 g/mol. The van der Waals surface area contributed by atoms with Gasteiger partial charge in [-0.05, 0) is 37.6 Å². The first kappa shape index (κ1) is 11.9. The third kappa shape index (κ3) is 2.90. The highest BCUT2D eigenvalue weighted by atomic mass is 19.1. The van der Waals surface area contributed by atoms with E-state index >= 15 is 0 Å². The zero-order valence-electron chi connectivity index (χ0n) is 9.60. The molecule has 1 N–H and O–H groups in total. The molecule has 82 valence electrons. The quantitative estimate of drug-likeness (QED) is 0.746. The molecule has 1 aromatic rings. The summed E-state index contributed by atoms with van der Waals surface area (Å²) in [7, 11) is 0. The van der Waals surface area contributed by atoms with Crippen LogP contribution in [-0.2, 0) is 0 Å². The SMILES string of the molecule is C=C(C)C(NCC)c1ccc(F)c(C)c1. The molecule has 2 heteroatoms. The van der Waals surface area contributed by atoms with Gasteiger partial charge in [-0.25, -0.2) is 4.39 Å². The maximum Gasteiger partial charge on any atom is 0.126 e. The van der Waals surface area contributed by atoms with Gasteiger partial charge in [-0.15, -0.1) is 0 Å². The van der Waals surface area contributed by atoms with Gasteiger partial charge in [-0.2, -0.15) is 0 Å². The van der Waals surface area contributed by atoms with Crippen LogP contribution in [0.1, 0.15) is 31.0 Å². The topological polar surface area (TPSA) is 12.0 Å². The number of likely N-dealkylation sites (N-methyl/N-ethyl adjacent to an activating group) is 1. The summed E-state index contributed by atoms with van der Waals surface area (Å²) in [5.41, 5.74) is 2.79. The molecule has 1 aromatic carbocycles. The van der Waals surface area contributed by atoms with E-state index in [9.17, 15) is 4.39 Å². The molecule has 1 nitrogen and oxygen atoms in total. The van der Waals surface area contributed by atoms with Crippen LogP contribution < -0.4 is 5.32 Å². The smallest absolute Gasteiger partial charge is 0.126 e. The van der Waals surface area contributed by atoms with Gasteiger partial charge < -0.3 is 5.32 Å². The summed E-state index contributed by atoms with van der Waals surface area (Å²) in [6.45, 7) is 10.6. The van der Waals surface area contributed by atoms with Crippen LogP contribution in [0.25, 0.3) is 0 Å². The zero-order chi connectivity index (χ0) is 11.4. The van der Waals surface area contributed by atoms with Gasteiger partial charge in [0.05, 0.1) is 6.04 Å². The van der Waals surface area contributed by atoms with Crippen LogP contribution >= 0.6 is 0 Å². The van der Waals surface area contributed by atoms with Crippen LogP contribution in [0.5, 0.6) is 0 Å². The van der Waals surface area contributed by atoms with Crippen molar-refractivity contribution in [2.45, 2.75) is 26.8 Å². The molecular weight excluding hydrogens is 189 g/mol. The molecule has 1 rings (SSSR count). The van der Waals surface area contributed by atoms with Crippen LogP contribution in [-0.4, -0.2) is 6.54 Å². The minimum Gasteiger partial charge on any atom is -0.307 e. The lowest BCUT2D eigenvalue weighted by Crippen LogP contribution is -2.21. The molecular formula is C13H18FN. The Hall–Kier alpha value is -1.15. The van der Waals surface area contributed by atoms with E-state index in [1.165, 1.54) is 6.07 Å². The Morgan fingerprint density at radius 1 is 1.53 bits per heavy atom. The third-order valence-electron chi connectivity index (χ3n) is 2.42. The molecule has 1 atom stereocenters. The van der Waals surface area contributed by atoms with Gasteiger partial charge in [0.25, 0.3) is 0 Å². The molecule has 0 aliphatic heterocycles. The molecule has 0 heterocycles. The van der Waals surface area contributed by atoms with Gasteiger partial charge in [0.15, 0.2) is 0 Å². The van der Waals surface area contributed by atoms with E-state index in [-0.39, 0.29) is 11.9 Å². The van der Waals surface area contributed by atoms with Crippen LogP contribution in [0.2, 0.25) is 0 Å². The maximum atomic E-state index is 13.1. The van der Waals surface area contributed by atoms with E-state index in [1.807, 2.05) is 26.0 Å². The Balaban J connectivity index is 3.01. The summed E-state index contributed by atoms with van der Waals surface area (Å²) >= 11 is 0. The summed E-state index contributed by atoms with van der Waals surface area (Å²) in [4.78, 5) is 0. The minimum absolute atomic E-state index is 0.120. The Bertz CT molecular complexity index is 358. The molecule has 0 spiro atoms. The molecule has 0 aliphatic carbocycles. The lowest BCUT2D eigenvalue weighted by Gasteiger charge is -2.19. The zero-order valence-corrected chi connectivity index (χ0v) is 9.60. The van der Waals surface area contributed by atoms with Crippen molar-refractivity contribution in [2.24, 2.45) is 0 Å². The molecule has 15 heavy (non-hydrogen) atoms. The number of benzene rings is 1. The van der Waals surface area contributed by atoms with Crippen molar-refractivity contribution >= 4 is 0 Å². The van der Waals surface area contributed by atoms with Crippen molar-refractivity contribution in [1.29, 1.82) is 0 Å². The van der Waals surface area contributed by atoms with E-state index in [2.05, 4.69) is 11.9 Å². The first-order valence-corrected chi connectivity index (χ1v) is 5.21. The Labute approximate surface area is 91.0 Å². The van der Waals surface area contributed by atoms with Crippen LogP contribution in [0, 0.1) is 12.7 Å². The number of halogens is 1. The number of hydrogen-bond donors (Lipinski definition) is 1. The fourth-order valence-electron chi connectivity index (χ4n) is 1.63. The Morgan fingerprint density at radius 3 is 2.67 bits per heavy atom. The summed E-state index contributed by atoms with van der Waals surface area (Å²) in [5.74, 6) is -0.157. The van der Waals surface area contributed by atoms with Crippen molar-refractivity contribution in [3.63, 3.8) is 0 Å². The van der Waals surface area contributed by atoms with E-state index in [0.717, 1.165) is 17.7 Å². The molecule has 1 unspecified atom stereocenters. The third-order valence-corrected chi connectivity index (χ3v) is 2.42. The molecule has 0 aliphatic rings. The van der Waals surface area contributed by atoms with Crippen LogP contribution in [0.15, 0.2) is 30.4 Å². The standard InChI is InChI=1S/C13H18FN/c1-5-15-13(9(2)3)11-6-7-12(14)10(4)8-11/h6-8,13,15H,2,5H2,1,3-4H3. The highest BCUT2D eigenvalue weighted by molar-refractivity contribution is 5.30. The van der Waals surface area contributed by atoms with Gasteiger partial charge in [0.1, 0.15) is 5.82 Å². The normalized spacial score (nSPS) is 12.5. The van der Waals surface area contributed by atoms with Gasteiger partial charge in [0, 0.05) is 0 Å². The van der Waals surface area contributed by atoms with E-state index in [0.29, 0.717) is 5.56 Å². The van der Waals surface area contributed by atoms with Crippen LogP contribution in [0.3, 0.4) is 0 Å². The second-order valence-electron chi connectivity index (χ2n) is 3.85. The van der Waals surface area contributed by atoms with Crippen molar-refractivity contribution in [2.75, 3.05) is 6.54 Å². The van der Waals surface area contributed by atoms with Gasteiger partial charge in [-0.1, -0.05) is 31.2 Å². The maximum absolute atomic E-state index is 13.1. The fourth-order valence-corrected chi connectivity index (χ4v) is 1.63. The highest BCUT2D eigenvalue weighted by Crippen LogP contribution is 2.21. The fraction of sp³-hybridized carbons (Fsp3) is 0.385. The first-order chi connectivity index (χ1) is 7.06. The molecule has 0 bridgehead atoms. The summed E-state index contributed by atoms with van der Waals surface area (Å²) in [5, 5.41) is 3.32. The van der Waals surface area contributed by atoms with Gasteiger partial charge in [-0.3, -0.25) is 0 Å². The first-order valence-electron chi connectivity index (χ1n) is 5.21. The van der Waals surface area contributed by atoms with Crippen molar-refractivity contribution in [1.82, 2.24) is 5.32 Å². The van der Waals surface area contributed by atoms with Gasteiger partial charge in [0.2, 0.25) is 0 Å². The molecule has 0 amide bonds. The second kappa shape index (κ2) is 5.08. The second-order valence-corrected chi connectivity index (χ2v) is 3.85. The number of aryl methyl sites for hydroxylation is 1. The largest absolute Gasteiger partial charge is 0.307 e. The Kier molecular flexibility index (Phi) is 4.04. The Morgan fingerprint density at radius 2 is 2.20 bits per heavy atom. The van der Waals surface area contributed by atoms with Gasteiger partial charge >= 0.3 is 0 Å². The van der Waals surface area contributed by atoms with E-state index in [4.69, 9.17) is 0 Å². The molecule has 0 fully saturated rings. The number of rotatable bonds is 4. The molecule has 0 aromatic heterocycles. The van der Waals surface area contributed by atoms with Crippen molar-refractivity contribution < 1.29 is 4.39 Å². The monoisotopic (exact) mass is 207 g/mol. The molecule has 0 saturated carbocycles. The summed E-state index contributed by atoms with van der Waals surface area (Å²) in [6, 6.07) is 5.31. The number of hydrogen-bond acceptors (Lipinski definition) is 1. The predicted molar refractivity (Wildman–Crippen MR) is 62.4 cm³/mol. The summed E-state index contributed by atoms with van der Waals surface area (Å²) in [6.07, 6.45) is 0.